The molecule has 16 aromatic rings. The summed E-state index contributed by atoms with van der Waals surface area (Å²) < 4.78 is 6.30. The third kappa shape index (κ3) is 6.97. The van der Waals surface area contributed by atoms with Gasteiger partial charge in [-0.05, 0) is 173 Å². The maximum absolute atomic E-state index is 6.30. The van der Waals surface area contributed by atoms with Gasteiger partial charge in [0.15, 0.2) is 0 Å². The molecule has 0 unspecified atom stereocenters. The number of hydrogen-bond donors (Lipinski definition) is 0. The summed E-state index contributed by atoms with van der Waals surface area (Å²) in [5.74, 6) is 0. The van der Waals surface area contributed by atoms with Gasteiger partial charge in [-0.25, -0.2) is 0 Å². The minimum atomic E-state index is -0.139. The van der Waals surface area contributed by atoms with E-state index < -0.39 is 0 Å². The van der Waals surface area contributed by atoms with Gasteiger partial charge in [-0.15, -0.1) is 0 Å². The van der Waals surface area contributed by atoms with Crippen LogP contribution in [0.25, 0.3) is 153 Å². The normalized spacial score (nSPS) is 12.7. The third-order valence-corrected chi connectivity index (χ3v) is 17.4. The molecule has 1 heteroatoms. The summed E-state index contributed by atoms with van der Waals surface area (Å²) in [6.45, 7) is 4.83. The van der Waals surface area contributed by atoms with Crippen molar-refractivity contribution in [2.45, 2.75) is 19.3 Å². The zero-order valence-electron chi connectivity index (χ0n) is 44.5. The largest absolute Gasteiger partial charge is 0.456 e. The second-order valence-electron chi connectivity index (χ2n) is 22.1. The molecule has 374 valence electrons. The molecule has 0 saturated carbocycles. The highest BCUT2D eigenvalue weighted by Crippen LogP contribution is 2.56. The molecule has 0 radical (unpaired) electrons. The van der Waals surface area contributed by atoms with Crippen molar-refractivity contribution in [1.82, 2.24) is 0 Å². The summed E-state index contributed by atoms with van der Waals surface area (Å²) in [5.41, 5.74) is 17.5. The minimum Gasteiger partial charge on any atom is -0.456 e. The fourth-order valence-electron chi connectivity index (χ4n) is 14.0. The van der Waals surface area contributed by atoms with Crippen molar-refractivity contribution in [2.75, 3.05) is 0 Å². The van der Waals surface area contributed by atoms with E-state index in [-0.39, 0.29) is 5.41 Å². The average molecular weight is 1020 g/mol. The van der Waals surface area contributed by atoms with Gasteiger partial charge >= 0.3 is 0 Å². The highest BCUT2D eigenvalue weighted by Gasteiger charge is 2.39. The Balaban J connectivity index is 0.000000134. The van der Waals surface area contributed by atoms with Gasteiger partial charge in [0.05, 0.1) is 0 Å². The van der Waals surface area contributed by atoms with Crippen LogP contribution >= 0.6 is 0 Å². The van der Waals surface area contributed by atoms with Gasteiger partial charge < -0.3 is 4.42 Å². The van der Waals surface area contributed by atoms with Gasteiger partial charge in [-0.2, -0.15) is 0 Å². The van der Waals surface area contributed by atoms with E-state index in [4.69, 9.17) is 4.42 Å². The van der Waals surface area contributed by atoms with Gasteiger partial charge in [0.2, 0.25) is 0 Å². The van der Waals surface area contributed by atoms with Crippen LogP contribution < -0.4 is 0 Å². The maximum atomic E-state index is 6.30. The monoisotopic (exact) mass is 1020 g/mol. The van der Waals surface area contributed by atoms with E-state index in [0.717, 1.165) is 21.9 Å². The molecule has 0 amide bonds. The molecule has 1 heterocycles. The van der Waals surface area contributed by atoms with Crippen LogP contribution in [0.1, 0.15) is 25.0 Å². The molecule has 0 aliphatic heterocycles. The fourth-order valence-corrected chi connectivity index (χ4v) is 14.0. The third-order valence-electron chi connectivity index (χ3n) is 17.4. The molecule has 1 aromatic heterocycles. The summed E-state index contributed by atoms with van der Waals surface area (Å²) in [6.07, 6.45) is 0. The Morgan fingerprint density at radius 1 is 0.237 bits per heavy atom. The average Bonchev–Trinajstić information content (AvgIpc) is 4.16. The number of rotatable bonds is 4. The van der Waals surface area contributed by atoms with Crippen LogP contribution in [0.15, 0.2) is 283 Å². The van der Waals surface area contributed by atoms with Gasteiger partial charge in [-0.1, -0.05) is 263 Å². The Labute approximate surface area is 464 Å². The lowest BCUT2D eigenvalue weighted by atomic mass is 9.78. The lowest BCUT2D eigenvalue weighted by Crippen LogP contribution is -2.15. The van der Waals surface area contributed by atoms with Crippen LogP contribution in [0, 0.1) is 0 Å². The first kappa shape index (κ1) is 46.1. The van der Waals surface area contributed by atoms with Crippen molar-refractivity contribution in [3.63, 3.8) is 0 Å². The first-order valence-corrected chi connectivity index (χ1v) is 27.9. The molecule has 1 aliphatic rings. The Bertz CT molecular complexity index is 5080. The van der Waals surface area contributed by atoms with Crippen molar-refractivity contribution >= 4 is 97.3 Å². The molecule has 1 nitrogen and oxygen atoms in total. The first-order valence-electron chi connectivity index (χ1n) is 27.9. The van der Waals surface area contributed by atoms with Crippen molar-refractivity contribution in [1.29, 1.82) is 0 Å². The van der Waals surface area contributed by atoms with E-state index >= 15 is 0 Å². The second kappa shape index (κ2) is 18.0. The fraction of sp³-hybridized carbons (Fsp3) is 0.0380. The maximum Gasteiger partial charge on any atom is 0.136 e. The Morgan fingerprint density at radius 3 is 1.16 bits per heavy atom. The molecule has 0 bridgehead atoms. The van der Waals surface area contributed by atoms with Crippen LogP contribution in [0.3, 0.4) is 0 Å². The zero-order valence-corrected chi connectivity index (χ0v) is 44.5. The number of furan rings is 1. The van der Waals surface area contributed by atoms with Gasteiger partial charge in [-0.3, -0.25) is 0 Å². The van der Waals surface area contributed by atoms with E-state index in [1.54, 1.807) is 0 Å². The van der Waals surface area contributed by atoms with E-state index in [0.29, 0.717) is 0 Å². The van der Waals surface area contributed by atoms with Gasteiger partial charge in [0.25, 0.3) is 0 Å². The van der Waals surface area contributed by atoms with E-state index in [2.05, 4.69) is 293 Å². The smallest absolute Gasteiger partial charge is 0.136 e. The molecule has 17 rings (SSSR count). The molecular weight excluding hydrogens is 965 g/mol. The second-order valence-corrected chi connectivity index (χ2v) is 22.1. The molecule has 0 atom stereocenters. The standard InChI is InChI=1S/C43H30.C36H22O/c1-43(2)38-26-37(30-18-8-9-19-31(30)41(38)36-25-24-27-14-6-7-17-29(27)42(36)43)40-34-22-12-10-20-32(34)39(28-15-4-3-5-16-28)33-21-11-13-23-35(33)40;1-2-10-23(11-3-1)35-27-14-6-8-16-29(27)36(30-17-9-7-15-28(30)35)26-18-19-33-31(21-26)32-20-24-12-4-5-13-25(24)22-34(32)37-33/h3-26H,1-2H3;1-22H. The van der Waals surface area contributed by atoms with E-state index in [9.17, 15) is 0 Å². The van der Waals surface area contributed by atoms with Crippen molar-refractivity contribution < 1.29 is 4.42 Å². The highest BCUT2D eigenvalue weighted by molar-refractivity contribution is 6.26. The summed E-state index contributed by atoms with van der Waals surface area (Å²) in [5, 5.41) is 20.3. The van der Waals surface area contributed by atoms with Crippen LogP contribution in [0.2, 0.25) is 0 Å². The van der Waals surface area contributed by atoms with E-state index in [1.807, 2.05) is 0 Å². The molecular formula is C79H52O. The number of hydrogen-bond acceptors (Lipinski definition) is 1. The van der Waals surface area contributed by atoms with Crippen LogP contribution in [-0.4, -0.2) is 0 Å². The Morgan fingerprint density at radius 2 is 0.637 bits per heavy atom. The van der Waals surface area contributed by atoms with Gasteiger partial charge in [0, 0.05) is 16.2 Å². The summed E-state index contributed by atoms with van der Waals surface area (Å²) >= 11 is 0. The SMILES string of the molecule is CC1(C)c2cc(-c3c4ccccc4c(-c4ccccc4)c4ccccc34)c3ccccc3c2-c2ccc3ccccc3c21.c1ccc(-c2c3ccccc3c(-c3ccc4oc5cc6ccccc6cc5c4c3)c3ccccc23)cc1. The van der Waals surface area contributed by atoms with Crippen molar-refractivity contribution in [3.8, 4) is 55.6 Å². The number of fused-ring (bicyclic) bond motifs is 15. The molecule has 1 aliphatic carbocycles. The topological polar surface area (TPSA) is 13.1 Å². The summed E-state index contributed by atoms with van der Waals surface area (Å²) in [4.78, 5) is 0. The molecule has 0 spiro atoms. The van der Waals surface area contributed by atoms with Gasteiger partial charge in [0.1, 0.15) is 11.2 Å². The van der Waals surface area contributed by atoms with Crippen molar-refractivity contribution in [3.05, 3.63) is 290 Å². The summed E-state index contributed by atoms with van der Waals surface area (Å²) in [6, 6.07) is 102. The van der Waals surface area contributed by atoms with Crippen LogP contribution in [0.4, 0.5) is 0 Å². The highest BCUT2D eigenvalue weighted by atomic mass is 16.3. The number of benzene rings is 15. The molecule has 80 heavy (non-hydrogen) atoms. The quantitative estimate of drug-likeness (QED) is 0.160. The molecule has 0 fully saturated rings. The minimum absolute atomic E-state index is 0.139. The lowest BCUT2D eigenvalue weighted by molar-refractivity contribution is 0.667. The zero-order chi connectivity index (χ0) is 53.1. The Kier molecular flexibility index (Phi) is 10.4. The van der Waals surface area contributed by atoms with Crippen LogP contribution in [0.5, 0.6) is 0 Å². The predicted octanol–water partition coefficient (Wildman–Crippen LogP) is 22.3. The molecule has 0 N–H and O–H groups in total. The van der Waals surface area contributed by atoms with Crippen LogP contribution in [-0.2, 0) is 5.41 Å². The Hall–Kier alpha value is -10.1. The van der Waals surface area contributed by atoms with Crippen molar-refractivity contribution in [2.24, 2.45) is 0 Å². The molecule has 15 aromatic carbocycles. The first-order chi connectivity index (χ1) is 39.5. The van der Waals surface area contributed by atoms with E-state index in [1.165, 1.54) is 142 Å². The lowest BCUT2D eigenvalue weighted by Gasteiger charge is -2.25. The summed E-state index contributed by atoms with van der Waals surface area (Å²) in [7, 11) is 0. The molecule has 0 saturated heterocycles. The predicted molar refractivity (Wildman–Crippen MR) is 342 cm³/mol.